The first kappa shape index (κ1) is 12.7. The van der Waals surface area contributed by atoms with Gasteiger partial charge in [0.1, 0.15) is 0 Å². The van der Waals surface area contributed by atoms with Crippen molar-refractivity contribution in [3.05, 3.63) is 28.8 Å². The third-order valence-corrected chi connectivity index (χ3v) is 3.41. The molecule has 4 heteroatoms. The summed E-state index contributed by atoms with van der Waals surface area (Å²) in [7, 11) is 0. The van der Waals surface area contributed by atoms with Crippen molar-refractivity contribution in [2.24, 2.45) is 5.73 Å². The molecule has 1 saturated heterocycles. The molecule has 0 unspecified atom stereocenters. The van der Waals surface area contributed by atoms with E-state index in [4.69, 9.17) is 22.1 Å². The van der Waals surface area contributed by atoms with Crippen molar-refractivity contribution in [2.75, 3.05) is 18.0 Å². The minimum Gasteiger partial charge on any atom is -0.372 e. The van der Waals surface area contributed by atoms with Gasteiger partial charge in [-0.2, -0.15) is 0 Å². The van der Waals surface area contributed by atoms with Crippen molar-refractivity contribution in [3.63, 3.8) is 0 Å². The van der Waals surface area contributed by atoms with Gasteiger partial charge in [-0.3, -0.25) is 0 Å². The third kappa shape index (κ3) is 2.73. The number of hydrogen-bond donors (Lipinski definition) is 1. The predicted molar refractivity (Wildman–Crippen MR) is 71.6 cm³/mol. The van der Waals surface area contributed by atoms with E-state index in [1.54, 1.807) is 0 Å². The lowest BCUT2D eigenvalue weighted by Crippen LogP contribution is -2.45. The molecule has 1 aliphatic rings. The van der Waals surface area contributed by atoms with Gasteiger partial charge in [-0.15, -0.1) is 0 Å². The molecule has 0 amide bonds. The zero-order chi connectivity index (χ0) is 12.4. The largest absolute Gasteiger partial charge is 0.372 e. The SMILES string of the molecule is C[C@@H]1CN(c2cccc(Cl)c2CN)C[C@H](C)O1. The van der Waals surface area contributed by atoms with E-state index in [0.29, 0.717) is 6.54 Å². The summed E-state index contributed by atoms with van der Waals surface area (Å²) < 4.78 is 5.74. The predicted octanol–water partition coefficient (Wildman–Crippen LogP) is 2.41. The maximum absolute atomic E-state index is 6.18. The highest BCUT2D eigenvalue weighted by molar-refractivity contribution is 6.31. The Labute approximate surface area is 107 Å². The molecule has 0 bridgehead atoms. The number of anilines is 1. The van der Waals surface area contributed by atoms with E-state index < -0.39 is 0 Å². The summed E-state index contributed by atoms with van der Waals surface area (Å²) in [4.78, 5) is 2.31. The average molecular weight is 255 g/mol. The standard InChI is InChI=1S/C13H19ClN2O/c1-9-7-16(8-10(2)17-9)13-5-3-4-12(14)11(13)6-15/h3-5,9-10H,6-8,15H2,1-2H3/t9-,10+. The molecule has 1 aromatic rings. The zero-order valence-electron chi connectivity index (χ0n) is 10.3. The smallest absolute Gasteiger partial charge is 0.0726 e. The second-order valence-electron chi connectivity index (χ2n) is 4.60. The molecular formula is C13H19ClN2O. The van der Waals surface area contributed by atoms with E-state index in [1.807, 2.05) is 12.1 Å². The lowest BCUT2D eigenvalue weighted by Gasteiger charge is -2.37. The molecule has 0 spiro atoms. The summed E-state index contributed by atoms with van der Waals surface area (Å²) in [6, 6.07) is 5.95. The Hall–Kier alpha value is -0.770. The van der Waals surface area contributed by atoms with Crippen molar-refractivity contribution in [1.82, 2.24) is 0 Å². The fraction of sp³-hybridized carbons (Fsp3) is 0.538. The third-order valence-electron chi connectivity index (χ3n) is 3.06. The molecule has 0 aromatic heterocycles. The molecule has 3 nitrogen and oxygen atoms in total. The molecule has 94 valence electrons. The lowest BCUT2D eigenvalue weighted by molar-refractivity contribution is -0.00525. The molecule has 0 aliphatic carbocycles. The van der Waals surface area contributed by atoms with Crippen LogP contribution < -0.4 is 10.6 Å². The summed E-state index contributed by atoms with van der Waals surface area (Å²) in [6.45, 7) is 6.43. The molecule has 0 saturated carbocycles. The molecular weight excluding hydrogens is 236 g/mol. The van der Waals surface area contributed by atoms with Crippen LogP contribution in [0.4, 0.5) is 5.69 Å². The van der Waals surface area contributed by atoms with E-state index >= 15 is 0 Å². The lowest BCUT2D eigenvalue weighted by atomic mass is 10.1. The Morgan fingerprint density at radius 1 is 1.35 bits per heavy atom. The first-order valence-electron chi connectivity index (χ1n) is 5.99. The van der Waals surface area contributed by atoms with E-state index in [9.17, 15) is 0 Å². The van der Waals surface area contributed by atoms with E-state index in [1.165, 1.54) is 0 Å². The molecule has 2 N–H and O–H groups in total. The van der Waals surface area contributed by atoms with Gasteiger partial charge in [0.2, 0.25) is 0 Å². The first-order chi connectivity index (χ1) is 8.11. The van der Waals surface area contributed by atoms with Gasteiger partial charge in [-0.1, -0.05) is 17.7 Å². The van der Waals surface area contributed by atoms with Crippen molar-refractivity contribution in [1.29, 1.82) is 0 Å². The molecule has 1 heterocycles. The van der Waals surface area contributed by atoms with Crippen molar-refractivity contribution in [3.8, 4) is 0 Å². The van der Waals surface area contributed by atoms with Crippen molar-refractivity contribution in [2.45, 2.75) is 32.6 Å². The van der Waals surface area contributed by atoms with Gasteiger partial charge in [-0.05, 0) is 26.0 Å². The monoisotopic (exact) mass is 254 g/mol. The fourth-order valence-corrected chi connectivity index (χ4v) is 2.67. The van der Waals surface area contributed by atoms with Gasteiger partial charge in [0.15, 0.2) is 0 Å². The van der Waals surface area contributed by atoms with Crippen molar-refractivity contribution >= 4 is 17.3 Å². The van der Waals surface area contributed by atoms with Crippen LogP contribution in [0.3, 0.4) is 0 Å². The zero-order valence-corrected chi connectivity index (χ0v) is 11.1. The second kappa shape index (κ2) is 5.25. The van der Waals surface area contributed by atoms with Crippen LogP contribution >= 0.6 is 11.6 Å². The van der Waals surface area contributed by atoms with Gasteiger partial charge in [-0.25, -0.2) is 0 Å². The van der Waals surface area contributed by atoms with Crippen LogP contribution in [0.5, 0.6) is 0 Å². The summed E-state index contributed by atoms with van der Waals surface area (Å²) >= 11 is 6.18. The molecule has 17 heavy (non-hydrogen) atoms. The van der Waals surface area contributed by atoms with E-state index in [-0.39, 0.29) is 12.2 Å². The van der Waals surface area contributed by atoms with Crippen LogP contribution in [0.2, 0.25) is 5.02 Å². The van der Waals surface area contributed by atoms with E-state index in [2.05, 4.69) is 24.8 Å². The fourth-order valence-electron chi connectivity index (χ4n) is 2.42. The minimum absolute atomic E-state index is 0.239. The van der Waals surface area contributed by atoms with E-state index in [0.717, 1.165) is 29.4 Å². The number of benzene rings is 1. The number of hydrogen-bond acceptors (Lipinski definition) is 3. The molecule has 1 fully saturated rings. The van der Waals surface area contributed by atoms with Crippen LogP contribution in [0, 0.1) is 0 Å². The van der Waals surface area contributed by atoms with Crippen molar-refractivity contribution < 1.29 is 4.74 Å². The topological polar surface area (TPSA) is 38.5 Å². The van der Waals surface area contributed by atoms with Crippen LogP contribution in [-0.2, 0) is 11.3 Å². The molecule has 2 rings (SSSR count). The molecule has 1 aromatic carbocycles. The second-order valence-corrected chi connectivity index (χ2v) is 5.01. The Balaban J connectivity index is 2.30. The molecule has 0 radical (unpaired) electrons. The Morgan fingerprint density at radius 2 is 2.00 bits per heavy atom. The number of nitrogens with two attached hydrogens (primary N) is 1. The minimum atomic E-state index is 0.239. The van der Waals surface area contributed by atoms with Crippen LogP contribution in [0.1, 0.15) is 19.4 Å². The number of rotatable bonds is 2. The quantitative estimate of drug-likeness (QED) is 0.881. The van der Waals surface area contributed by atoms with Gasteiger partial charge in [0.25, 0.3) is 0 Å². The normalized spacial score (nSPS) is 25.1. The number of morpholine rings is 1. The molecule has 2 atom stereocenters. The Kier molecular flexibility index (Phi) is 3.92. The van der Waals surface area contributed by atoms with Gasteiger partial charge >= 0.3 is 0 Å². The van der Waals surface area contributed by atoms with Gasteiger partial charge in [0, 0.05) is 35.9 Å². The highest BCUT2D eigenvalue weighted by Crippen LogP contribution is 2.29. The number of halogens is 1. The number of nitrogens with zero attached hydrogens (tertiary/aromatic N) is 1. The Bertz CT molecular complexity index is 387. The number of ether oxygens (including phenoxy) is 1. The summed E-state index contributed by atoms with van der Waals surface area (Å²) in [5, 5.41) is 0.747. The van der Waals surface area contributed by atoms with Crippen LogP contribution in [0.15, 0.2) is 18.2 Å². The average Bonchev–Trinajstić information content (AvgIpc) is 2.27. The van der Waals surface area contributed by atoms with Crippen LogP contribution in [0.25, 0.3) is 0 Å². The first-order valence-corrected chi connectivity index (χ1v) is 6.37. The maximum atomic E-state index is 6.18. The summed E-state index contributed by atoms with van der Waals surface area (Å²) in [5.74, 6) is 0. The Morgan fingerprint density at radius 3 is 2.59 bits per heavy atom. The summed E-state index contributed by atoms with van der Waals surface area (Å²) in [5.41, 5.74) is 7.95. The highest BCUT2D eigenvalue weighted by Gasteiger charge is 2.24. The van der Waals surface area contributed by atoms with Gasteiger partial charge < -0.3 is 15.4 Å². The molecule has 1 aliphatic heterocycles. The maximum Gasteiger partial charge on any atom is 0.0726 e. The van der Waals surface area contributed by atoms with Crippen LogP contribution in [-0.4, -0.2) is 25.3 Å². The van der Waals surface area contributed by atoms with Gasteiger partial charge in [0.05, 0.1) is 12.2 Å². The summed E-state index contributed by atoms with van der Waals surface area (Å²) in [6.07, 6.45) is 0.478. The highest BCUT2D eigenvalue weighted by atomic mass is 35.5.